The second-order valence-electron chi connectivity index (χ2n) is 7.31. The highest BCUT2D eigenvalue weighted by Crippen LogP contribution is 2.59. The molecule has 0 aromatic carbocycles. The summed E-state index contributed by atoms with van der Waals surface area (Å²) in [5.41, 5.74) is 1.02. The molecule has 0 aliphatic heterocycles. The molecule has 0 amide bonds. The summed E-state index contributed by atoms with van der Waals surface area (Å²) in [6.07, 6.45) is 4.24. The van der Waals surface area contributed by atoms with Crippen LogP contribution in [0, 0.1) is 16.2 Å². The van der Waals surface area contributed by atoms with Crippen LogP contribution in [0.3, 0.4) is 0 Å². The quantitative estimate of drug-likeness (QED) is 0.643. The minimum Gasteiger partial charge on any atom is -0.393 e. The molecule has 1 fully saturated rings. The van der Waals surface area contributed by atoms with Crippen LogP contribution in [0.25, 0.3) is 0 Å². The van der Waals surface area contributed by atoms with Crippen LogP contribution >= 0.6 is 0 Å². The fraction of sp³-hybridized carbons (Fsp3) is 1.00. The Hall–Kier alpha value is -0.0400. The first-order valence-electron chi connectivity index (χ1n) is 6.28. The predicted molar refractivity (Wildman–Crippen MR) is 65.8 cm³/mol. The highest BCUT2D eigenvalue weighted by atomic mass is 16.3. The molecule has 0 aromatic rings. The summed E-state index contributed by atoms with van der Waals surface area (Å²) in [6, 6.07) is 0. The Morgan fingerprint density at radius 3 is 1.47 bits per heavy atom. The summed E-state index contributed by atoms with van der Waals surface area (Å²) in [5, 5.41) is 9.67. The first-order chi connectivity index (χ1) is 6.60. The minimum absolute atomic E-state index is 0.0529. The summed E-state index contributed by atoms with van der Waals surface area (Å²) in [6.45, 7) is 14.1. The van der Waals surface area contributed by atoms with Crippen molar-refractivity contribution in [2.45, 2.75) is 73.3 Å². The molecule has 15 heavy (non-hydrogen) atoms. The summed E-state index contributed by atoms with van der Waals surface area (Å²) in [5.74, 6) is 0. The van der Waals surface area contributed by atoms with Crippen molar-refractivity contribution >= 4 is 0 Å². The highest BCUT2D eigenvalue weighted by Gasteiger charge is 2.51. The summed E-state index contributed by atoms with van der Waals surface area (Å²) in [4.78, 5) is 0. The lowest BCUT2D eigenvalue weighted by molar-refractivity contribution is -0.0872. The predicted octanol–water partition coefficient (Wildman–Crippen LogP) is 4.00. The molecule has 1 saturated carbocycles. The molecular weight excluding hydrogens is 184 g/mol. The number of hydrogen-bond donors (Lipinski definition) is 1. The van der Waals surface area contributed by atoms with Gasteiger partial charge in [0.1, 0.15) is 0 Å². The van der Waals surface area contributed by atoms with E-state index in [1.165, 1.54) is 12.8 Å². The minimum atomic E-state index is -0.0529. The number of rotatable bonds is 0. The zero-order valence-corrected chi connectivity index (χ0v) is 11.4. The van der Waals surface area contributed by atoms with Crippen molar-refractivity contribution in [3.63, 3.8) is 0 Å². The van der Waals surface area contributed by atoms with E-state index in [4.69, 9.17) is 0 Å². The molecule has 1 heteroatoms. The van der Waals surface area contributed by atoms with Gasteiger partial charge in [-0.3, -0.25) is 0 Å². The largest absolute Gasteiger partial charge is 0.393 e. The molecule has 0 radical (unpaired) electrons. The van der Waals surface area contributed by atoms with Gasteiger partial charge in [0.05, 0.1) is 6.10 Å². The van der Waals surface area contributed by atoms with Crippen LogP contribution in [0.15, 0.2) is 0 Å². The van der Waals surface area contributed by atoms with Crippen LogP contribution in [0.4, 0.5) is 0 Å². The van der Waals surface area contributed by atoms with E-state index < -0.39 is 0 Å². The lowest BCUT2D eigenvalue weighted by Crippen LogP contribution is -2.49. The van der Waals surface area contributed by atoms with Gasteiger partial charge in [0.25, 0.3) is 0 Å². The first kappa shape index (κ1) is 13.0. The average molecular weight is 212 g/mol. The van der Waals surface area contributed by atoms with Gasteiger partial charge in [-0.2, -0.15) is 0 Å². The lowest BCUT2D eigenvalue weighted by atomic mass is 9.49. The number of hydrogen-bond acceptors (Lipinski definition) is 1. The molecule has 1 aliphatic carbocycles. The van der Waals surface area contributed by atoms with E-state index in [-0.39, 0.29) is 6.10 Å². The molecule has 1 rings (SSSR count). The van der Waals surface area contributed by atoms with Crippen molar-refractivity contribution in [2.24, 2.45) is 16.2 Å². The van der Waals surface area contributed by atoms with E-state index in [0.29, 0.717) is 16.2 Å². The average Bonchev–Trinajstić information content (AvgIpc) is 2.00. The zero-order chi connectivity index (χ0) is 11.9. The summed E-state index contributed by atoms with van der Waals surface area (Å²) in [7, 11) is 0. The SMILES string of the molecule is CC(C)(C)C1(C(C)(C)C)CCC(O)CC1. The molecule has 0 spiro atoms. The van der Waals surface area contributed by atoms with E-state index in [1.54, 1.807) is 0 Å². The smallest absolute Gasteiger partial charge is 0.0540 e. The molecular formula is C14H28O. The normalized spacial score (nSPS) is 24.2. The van der Waals surface area contributed by atoms with Crippen molar-refractivity contribution < 1.29 is 5.11 Å². The molecule has 0 aromatic heterocycles. The van der Waals surface area contributed by atoms with Crippen LogP contribution in [-0.4, -0.2) is 11.2 Å². The van der Waals surface area contributed by atoms with E-state index in [9.17, 15) is 5.11 Å². The van der Waals surface area contributed by atoms with Crippen LogP contribution in [-0.2, 0) is 0 Å². The van der Waals surface area contributed by atoms with Crippen LogP contribution < -0.4 is 0 Å². The lowest BCUT2D eigenvalue weighted by Gasteiger charge is -2.56. The van der Waals surface area contributed by atoms with E-state index in [2.05, 4.69) is 41.5 Å². The summed E-state index contributed by atoms with van der Waals surface area (Å²) >= 11 is 0. The molecule has 90 valence electrons. The Morgan fingerprint density at radius 2 is 1.20 bits per heavy atom. The standard InChI is InChI=1S/C14H28O/c1-12(2,3)14(13(4,5)6)9-7-11(15)8-10-14/h11,15H,7-10H2,1-6H3. The van der Waals surface area contributed by atoms with Gasteiger partial charge in [-0.25, -0.2) is 0 Å². The molecule has 1 N–H and O–H groups in total. The third-order valence-corrected chi connectivity index (χ3v) is 4.68. The van der Waals surface area contributed by atoms with Gasteiger partial charge in [0.15, 0.2) is 0 Å². The maximum Gasteiger partial charge on any atom is 0.0540 e. The Bertz CT molecular complexity index is 192. The maximum absolute atomic E-state index is 9.67. The second-order valence-corrected chi connectivity index (χ2v) is 7.31. The fourth-order valence-electron chi connectivity index (χ4n) is 3.72. The molecule has 1 nitrogen and oxygen atoms in total. The fourth-order valence-corrected chi connectivity index (χ4v) is 3.72. The van der Waals surface area contributed by atoms with Crippen LogP contribution in [0.5, 0.6) is 0 Å². The van der Waals surface area contributed by atoms with Gasteiger partial charge < -0.3 is 5.11 Å². The molecule has 1 aliphatic rings. The van der Waals surface area contributed by atoms with Gasteiger partial charge >= 0.3 is 0 Å². The van der Waals surface area contributed by atoms with E-state index in [1.807, 2.05) is 0 Å². The topological polar surface area (TPSA) is 20.2 Å². The second kappa shape index (κ2) is 3.76. The maximum atomic E-state index is 9.67. The highest BCUT2D eigenvalue weighted by molar-refractivity contribution is 5.00. The molecule has 0 atom stereocenters. The third-order valence-electron chi connectivity index (χ3n) is 4.68. The molecule has 0 heterocycles. The molecule has 0 saturated heterocycles. The molecule has 0 unspecified atom stereocenters. The molecule has 0 bridgehead atoms. The Labute approximate surface area is 95.3 Å². The van der Waals surface area contributed by atoms with Gasteiger partial charge in [-0.15, -0.1) is 0 Å². The monoisotopic (exact) mass is 212 g/mol. The van der Waals surface area contributed by atoms with Gasteiger partial charge in [-0.1, -0.05) is 41.5 Å². The zero-order valence-electron chi connectivity index (χ0n) is 11.4. The van der Waals surface area contributed by atoms with Gasteiger partial charge in [0.2, 0.25) is 0 Å². The van der Waals surface area contributed by atoms with Gasteiger partial charge in [-0.05, 0) is 41.9 Å². The number of aliphatic hydroxyl groups excluding tert-OH is 1. The van der Waals surface area contributed by atoms with Crippen molar-refractivity contribution in [3.8, 4) is 0 Å². The van der Waals surface area contributed by atoms with Crippen molar-refractivity contribution in [1.82, 2.24) is 0 Å². The van der Waals surface area contributed by atoms with Crippen LogP contribution in [0.2, 0.25) is 0 Å². The third kappa shape index (κ3) is 2.22. The Kier molecular flexibility index (Phi) is 3.27. The van der Waals surface area contributed by atoms with Gasteiger partial charge in [0, 0.05) is 0 Å². The number of aliphatic hydroxyl groups is 1. The van der Waals surface area contributed by atoms with Crippen molar-refractivity contribution in [2.75, 3.05) is 0 Å². The van der Waals surface area contributed by atoms with E-state index >= 15 is 0 Å². The van der Waals surface area contributed by atoms with Crippen LogP contribution in [0.1, 0.15) is 67.2 Å². The van der Waals surface area contributed by atoms with E-state index in [0.717, 1.165) is 12.8 Å². The first-order valence-corrected chi connectivity index (χ1v) is 6.28. The summed E-state index contributed by atoms with van der Waals surface area (Å²) < 4.78 is 0. The van der Waals surface area contributed by atoms with Crippen molar-refractivity contribution in [3.05, 3.63) is 0 Å². The Balaban J connectivity index is 2.99. The Morgan fingerprint density at radius 1 is 0.867 bits per heavy atom. The van der Waals surface area contributed by atoms with Crippen molar-refractivity contribution in [1.29, 1.82) is 0 Å².